The molecule has 0 amide bonds. The topological polar surface area (TPSA) is 49.2 Å². The van der Waals surface area contributed by atoms with E-state index in [1.54, 1.807) is 0 Å². The number of pyridine rings is 2. The fourth-order valence-electron chi connectivity index (χ4n) is 7.90. The first-order chi connectivity index (χ1) is 23.8. The van der Waals surface area contributed by atoms with Crippen LogP contribution in [0.25, 0.3) is 60.4 Å². The maximum Gasteiger partial charge on any atom is 0.262 e. The molecule has 0 radical (unpaired) electrons. The average Bonchev–Trinajstić information content (AvgIpc) is 3.47. The van der Waals surface area contributed by atoms with E-state index < -0.39 is 0 Å². The smallest absolute Gasteiger partial charge is 0.262 e. The van der Waals surface area contributed by atoms with Crippen LogP contribution in [0.15, 0.2) is 146 Å². The molecule has 0 unspecified atom stereocenters. The second kappa shape index (κ2) is 9.56. The third kappa shape index (κ3) is 3.51. The first kappa shape index (κ1) is 25.8. The Morgan fingerprint density at radius 1 is 0.542 bits per heavy atom. The van der Waals surface area contributed by atoms with Gasteiger partial charge in [0.2, 0.25) is 5.88 Å². The summed E-state index contributed by atoms with van der Waals surface area (Å²) in [7, 11) is 0. The van der Waals surface area contributed by atoms with Gasteiger partial charge in [-0.05, 0) is 68.4 Å². The second-order valence-corrected chi connectivity index (χ2v) is 12.6. The van der Waals surface area contributed by atoms with Crippen molar-refractivity contribution in [3.8, 4) is 40.1 Å². The van der Waals surface area contributed by atoms with Crippen LogP contribution in [-0.4, -0.2) is 21.2 Å². The largest absolute Gasteiger partial charge is 0.458 e. The molecule has 0 N–H and O–H groups in total. The Bertz CT molecular complexity index is 2700. The molecular weight excluding hydrogens is 589 g/mol. The zero-order valence-corrected chi connectivity index (χ0v) is 25.6. The molecule has 0 fully saturated rings. The van der Waals surface area contributed by atoms with Crippen molar-refractivity contribution < 1.29 is 9.47 Å². The van der Waals surface area contributed by atoms with Gasteiger partial charge in [-0.15, -0.1) is 0 Å². The second-order valence-electron chi connectivity index (χ2n) is 12.6. The van der Waals surface area contributed by atoms with Crippen LogP contribution in [0.2, 0.25) is 0 Å². The molecule has 222 valence electrons. The Morgan fingerprint density at radius 3 is 1.92 bits per heavy atom. The molecule has 9 aromatic rings. The number of benzene rings is 6. The third-order valence-electron chi connectivity index (χ3n) is 9.95. The van der Waals surface area contributed by atoms with Gasteiger partial charge in [0, 0.05) is 34.1 Å². The monoisotopic (exact) mass is 613 g/mol. The van der Waals surface area contributed by atoms with Gasteiger partial charge in [0.1, 0.15) is 28.7 Å². The zero-order valence-electron chi connectivity index (χ0n) is 25.6. The predicted molar refractivity (Wildman–Crippen MR) is 195 cm³/mol. The van der Waals surface area contributed by atoms with E-state index in [0.29, 0.717) is 11.7 Å². The molecule has 2 aliphatic rings. The Kier molecular flexibility index (Phi) is 5.13. The van der Waals surface area contributed by atoms with Gasteiger partial charge in [-0.25, -0.2) is 4.98 Å². The Hall–Kier alpha value is -6.40. The maximum absolute atomic E-state index is 6.61. The van der Waals surface area contributed by atoms with E-state index in [1.165, 1.54) is 27.1 Å². The molecule has 0 saturated carbocycles. The normalized spacial score (nSPS) is 12.9. The SMILES string of the molecule is c1ccc2c(c1)Oc1cc(-n3c4ccccc4c4cc(-c5c6ccccc6cc6ccccc56)cnc43)nc3c1B2c1ccccc1O3. The lowest BCUT2D eigenvalue weighted by Gasteiger charge is -2.32. The predicted octanol–water partition coefficient (Wildman–Crippen LogP) is 8.27. The van der Waals surface area contributed by atoms with E-state index in [2.05, 4.69) is 114 Å². The lowest BCUT2D eigenvalue weighted by Crippen LogP contribution is -2.57. The number of para-hydroxylation sites is 3. The van der Waals surface area contributed by atoms with Crippen LogP contribution in [0.3, 0.4) is 0 Å². The molecule has 0 saturated heterocycles. The van der Waals surface area contributed by atoms with Crippen molar-refractivity contribution in [3.63, 3.8) is 0 Å². The average molecular weight is 613 g/mol. The van der Waals surface area contributed by atoms with Gasteiger partial charge in [-0.1, -0.05) is 103 Å². The van der Waals surface area contributed by atoms with E-state index in [1.807, 2.05) is 36.5 Å². The molecular formula is C42H24BN3O2. The first-order valence-electron chi connectivity index (χ1n) is 16.2. The summed E-state index contributed by atoms with van der Waals surface area (Å²) in [6.07, 6.45) is 2.00. The molecule has 2 aliphatic heterocycles. The number of hydrogen-bond donors (Lipinski definition) is 0. The van der Waals surface area contributed by atoms with Crippen LogP contribution in [0.1, 0.15) is 0 Å². The molecule has 5 heterocycles. The Balaban J connectivity index is 1.16. The molecule has 3 aromatic heterocycles. The molecule has 0 bridgehead atoms. The molecule has 6 aromatic carbocycles. The van der Waals surface area contributed by atoms with E-state index >= 15 is 0 Å². The van der Waals surface area contributed by atoms with Gasteiger partial charge in [0.15, 0.2) is 0 Å². The first-order valence-corrected chi connectivity index (χ1v) is 16.2. The maximum atomic E-state index is 6.61. The van der Waals surface area contributed by atoms with Crippen LogP contribution in [0.4, 0.5) is 0 Å². The summed E-state index contributed by atoms with van der Waals surface area (Å²) in [5, 5.41) is 7.00. The minimum Gasteiger partial charge on any atom is -0.458 e. The van der Waals surface area contributed by atoms with Crippen LogP contribution in [0, 0.1) is 0 Å². The number of nitrogens with zero attached hydrogens (tertiary/aromatic N) is 3. The fourth-order valence-corrected chi connectivity index (χ4v) is 7.90. The molecule has 0 atom stereocenters. The van der Waals surface area contributed by atoms with E-state index in [-0.39, 0.29) is 6.71 Å². The van der Waals surface area contributed by atoms with Crippen molar-refractivity contribution in [1.82, 2.24) is 14.5 Å². The summed E-state index contributed by atoms with van der Waals surface area (Å²) in [5.74, 6) is 3.67. The summed E-state index contributed by atoms with van der Waals surface area (Å²) in [5.41, 5.74) is 7.30. The third-order valence-corrected chi connectivity index (χ3v) is 9.95. The summed E-state index contributed by atoms with van der Waals surface area (Å²) >= 11 is 0. The van der Waals surface area contributed by atoms with Gasteiger partial charge in [0.05, 0.1) is 5.52 Å². The number of rotatable bonds is 2. The van der Waals surface area contributed by atoms with Crippen molar-refractivity contribution in [2.24, 2.45) is 0 Å². The van der Waals surface area contributed by atoms with Crippen molar-refractivity contribution in [2.75, 3.05) is 0 Å². The van der Waals surface area contributed by atoms with Crippen LogP contribution >= 0.6 is 0 Å². The van der Waals surface area contributed by atoms with Gasteiger partial charge in [-0.2, -0.15) is 4.98 Å². The highest BCUT2D eigenvalue weighted by Gasteiger charge is 2.41. The van der Waals surface area contributed by atoms with Gasteiger partial charge in [0.25, 0.3) is 6.71 Å². The van der Waals surface area contributed by atoms with Gasteiger partial charge >= 0.3 is 0 Å². The van der Waals surface area contributed by atoms with Gasteiger partial charge in [-0.3, -0.25) is 4.57 Å². The highest BCUT2D eigenvalue weighted by atomic mass is 16.5. The highest BCUT2D eigenvalue weighted by Crippen LogP contribution is 2.41. The Morgan fingerprint density at radius 2 is 1.17 bits per heavy atom. The van der Waals surface area contributed by atoms with Crippen LogP contribution in [0.5, 0.6) is 23.1 Å². The minimum absolute atomic E-state index is 0.0270. The number of fused-ring (bicyclic) bond motifs is 9. The molecule has 11 rings (SSSR count). The van der Waals surface area contributed by atoms with Gasteiger partial charge < -0.3 is 9.47 Å². The molecule has 6 heteroatoms. The standard InChI is InChI=1S/C42H24BN3O2/c1-3-13-28-25(11-1)21-26-12-2-4-14-29(26)39(28)27-22-31-30-15-5-8-18-34(30)46(41(31)44-24-27)38-23-37-40-42(45-38)48-36-20-10-7-17-33(36)43(40)32-16-6-9-19-35(32)47-37/h1-24H. The summed E-state index contributed by atoms with van der Waals surface area (Å²) < 4.78 is 15.3. The summed E-state index contributed by atoms with van der Waals surface area (Å²) in [6.45, 7) is -0.0270. The van der Waals surface area contributed by atoms with Crippen molar-refractivity contribution in [1.29, 1.82) is 0 Å². The quantitative estimate of drug-likeness (QED) is 0.146. The number of aromatic nitrogens is 3. The number of ether oxygens (including phenoxy) is 2. The highest BCUT2D eigenvalue weighted by molar-refractivity contribution is 6.98. The lowest BCUT2D eigenvalue weighted by molar-refractivity contribution is 0.450. The van der Waals surface area contributed by atoms with Crippen molar-refractivity contribution in [2.45, 2.75) is 0 Å². The molecule has 0 aliphatic carbocycles. The molecule has 48 heavy (non-hydrogen) atoms. The summed E-state index contributed by atoms with van der Waals surface area (Å²) in [4.78, 5) is 10.4. The van der Waals surface area contributed by atoms with Crippen LogP contribution < -0.4 is 25.9 Å². The van der Waals surface area contributed by atoms with Crippen LogP contribution in [-0.2, 0) is 0 Å². The number of hydrogen-bond acceptors (Lipinski definition) is 4. The van der Waals surface area contributed by atoms with Crippen molar-refractivity contribution in [3.05, 3.63) is 146 Å². The fraction of sp³-hybridized carbons (Fsp3) is 0. The molecule has 5 nitrogen and oxygen atoms in total. The minimum atomic E-state index is -0.0270. The van der Waals surface area contributed by atoms with E-state index in [4.69, 9.17) is 19.4 Å². The Labute approximate surface area is 275 Å². The lowest BCUT2D eigenvalue weighted by atomic mass is 9.35. The van der Waals surface area contributed by atoms with E-state index in [9.17, 15) is 0 Å². The van der Waals surface area contributed by atoms with E-state index in [0.717, 1.165) is 61.1 Å². The summed E-state index contributed by atoms with van der Waals surface area (Å²) in [6, 6.07) is 48.7. The zero-order chi connectivity index (χ0) is 31.3. The molecule has 0 spiro atoms. The van der Waals surface area contributed by atoms with Crippen molar-refractivity contribution >= 4 is 66.6 Å².